The van der Waals surface area contributed by atoms with E-state index in [1.807, 2.05) is 36.4 Å². The third kappa shape index (κ3) is 5.52. The molecule has 0 aliphatic rings. The van der Waals surface area contributed by atoms with Crippen molar-refractivity contribution in [2.45, 2.75) is 5.16 Å². The molecule has 3 aromatic rings. The fourth-order valence-electron chi connectivity index (χ4n) is 1.97. The maximum absolute atomic E-state index is 12.1. The van der Waals surface area contributed by atoms with Crippen LogP contribution in [0, 0.1) is 0 Å². The van der Waals surface area contributed by atoms with Gasteiger partial charge in [-0.2, -0.15) is 10.1 Å². The number of benzene rings is 2. The summed E-state index contributed by atoms with van der Waals surface area (Å²) in [5.74, 6) is 0.699. The van der Waals surface area contributed by atoms with Gasteiger partial charge in [0.15, 0.2) is 5.78 Å². The van der Waals surface area contributed by atoms with Crippen LogP contribution in [0.4, 0.5) is 5.95 Å². The summed E-state index contributed by atoms with van der Waals surface area (Å²) in [6.07, 6.45) is 1.68. The minimum atomic E-state index is 0.0227. The van der Waals surface area contributed by atoms with Crippen LogP contribution in [0.3, 0.4) is 0 Å². The second kappa shape index (κ2) is 9.11. The lowest BCUT2D eigenvalue weighted by Gasteiger charge is -1.99. The van der Waals surface area contributed by atoms with E-state index in [4.69, 9.17) is 0 Å². The molecule has 1 aromatic heterocycles. The summed E-state index contributed by atoms with van der Waals surface area (Å²) in [7, 11) is 0. The van der Waals surface area contributed by atoms with Crippen LogP contribution in [0.15, 0.2) is 67.7 Å². The Morgan fingerprint density at radius 3 is 2.77 bits per heavy atom. The van der Waals surface area contributed by atoms with Crippen LogP contribution in [0.2, 0.25) is 0 Å². The standard InChI is InChI=1S/C17H13Br2N5OS/c18-13-6-4-12(5-7-13)15(25)10-26-17-21-16(23-24-17)22-20-9-11-2-1-3-14(19)8-11/h1-9H,10H2,(H2,21,22,23,24)/b20-9-. The number of nitrogens with one attached hydrogen (secondary N) is 2. The van der Waals surface area contributed by atoms with Crippen molar-refractivity contribution in [2.24, 2.45) is 5.10 Å². The van der Waals surface area contributed by atoms with Crippen molar-refractivity contribution in [1.82, 2.24) is 15.2 Å². The molecule has 6 nitrogen and oxygen atoms in total. The van der Waals surface area contributed by atoms with Crippen LogP contribution in [-0.4, -0.2) is 32.9 Å². The smallest absolute Gasteiger partial charge is 0.240 e. The first kappa shape index (κ1) is 18.8. The molecule has 0 aliphatic heterocycles. The van der Waals surface area contributed by atoms with Gasteiger partial charge in [0.25, 0.3) is 0 Å². The number of aromatic nitrogens is 3. The van der Waals surface area contributed by atoms with E-state index < -0.39 is 0 Å². The monoisotopic (exact) mass is 493 g/mol. The van der Waals surface area contributed by atoms with Gasteiger partial charge in [0.05, 0.1) is 12.0 Å². The Hall–Kier alpha value is -1.97. The van der Waals surface area contributed by atoms with E-state index >= 15 is 0 Å². The number of halogens is 2. The molecule has 2 aromatic carbocycles. The minimum absolute atomic E-state index is 0.0227. The van der Waals surface area contributed by atoms with Crippen LogP contribution in [0.1, 0.15) is 15.9 Å². The summed E-state index contributed by atoms with van der Waals surface area (Å²) < 4.78 is 1.92. The van der Waals surface area contributed by atoms with Crippen LogP contribution < -0.4 is 5.43 Å². The highest BCUT2D eigenvalue weighted by Gasteiger charge is 2.09. The van der Waals surface area contributed by atoms with Gasteiger partial charge >= 0.3 is 0 Å². The summed E-state index contributed by atoms with van der Waals surface area (Å²) in [5.41, 5.74) is 4.39. The molecule has 26 heavy (non-hydrogen) atoms. The fraction of sp³-hybridized carbons (Fsp3) is 0.0588. The largest absolute Gasteiger partial charge is 0.293 e. The van der Waals surface area contributed by atoms with Gasteiger partial charge in [-0.1, -0.05) is 67.9 Å². The number of thioether (sulfide) groups is 1. The van der Waals surface area contributed by atoms with E-state index in [2.05, 4.69) is 57.6 Å². The van der Waals surface area contributed by atoms with Crippen LogP contribution in [0.5, 0.6) is 0 Å². The zero-order valence-corrected chi connectivity index (χ0v) is 17.3. The molecule has 0 aliphatic carbocycles. The summed E-state index contributed by atoms with van der Waals surface area (Å²) in [4.78, 5) is 16.4. The van der Waals surface area contributed by atoms with Crippen molar-refractivity contribution in [3.8, 4) is 0 Å². The molecule has 0 bridgehead atoms. The van der Waals surface area contributed by atoms with Crippen LogP contribution in [-0.2, 0) is 0 Å². The summed E-state index contributed by atoms with van der Waals surface area (Å²) in [5, 5.41) is 11.4. The molecule has 0 saturated carbocycles. The lowest BCUT2D eigenvalue weighted by atomic mass is 10.2. The maximum Gasteiger partial charge on any atom is 0.240 e. The first-order valence-electron chi connectivity index (χ1n) is 7.49. The molecule has 2 N–H and O–H groups in total. The molecule has 132 valence electrons. The van der Waals surface area contributed by atoms with Crippen molar-refractivity contribution >= 4 is 61.6 Å². The van der Waals surface area contributed by atoms with Crippen molar-refractivity contribution in [2.75, 3.05) is 11.2 Å². The first-order chi connectivity index (χ1) is 12.6. The van der Waals surface area contributed by atoms with Crippen molar-refractivity contribution < 1.29 is 4.79 Å². The average Bonchev–Trinajstić information content (AvgIpc) is 3.08. The Kier molecular flexibility index (Phi) is 6.59. The Bertz CT molecular complexity index is 927. The number of carbonyl (C=O) groups is 1. The summed E-state index contributed by atoms with van der Waals surface area (Å²) in [6.45, 7) is 0. The topological polar surface area (TPSA) is 83.0 Å². The van der Waals surface area contributed by atoms with Gasteiger partial charge < -0.3 is 0 Å². The number of hydrazone groups is 1. The van der Waals surface area contributed by atoms with E-state index in [9.17, 15) is 4.79 Å². The lowest BCUT2D eigenvalue weighted by molar-refractivity contribution is 0.102. The SMILES string of the molecule is O=C(CSc1n[nH]c(N/N=C\c2cccc(Br)c2)n1)c1ccc(Br)cc1. The molecule has 3 rings (SSSR count). The Labute approximate surface area is 171 Å². The van der Waals surface area contributed by atoms with E-state index in [-0.39, 0.29) is 11.5 Å². The van der Waals surface area contributed by atoms with E-state index in [0.29, 0.717) is 16.7 Å². The molecule has 0 unspecified atom stereocenters. The molecule has 0 radical (unpaired) electrons. The minimum Gasteiger partial charge on any atom is -0.293 e. The number of rotatable bonds is 7. The quantitative estimate of drug-likeness (QED) is 0.214. The molecule has 0 fully saturated rings. The third-order valence-corrected chi connectivity index (χ3v) is 5.07. The van der Waals surface area contributed by atoms with Crippen LogP contribution >= 0.6 is 43.6 Å². The average molecular weight is 495 g/mol. The van der Waals surface area contributed by atoms with Gasteiger partial charge in [-0.05, 0) is 29.8 Å². The second-order valence-corrected chi connectivity index (χ2v) is 7.88. The lowest BCUT2D eigenvalue weighted by Crippen LogP contribution is -2.02. The molecule has 0 atom stereocenters. The van der Waals surface area contributed by atoms with Gasteiger partial charge in [0, 0.05) is 14.5 Å². The van der Waals surface area contributed by atoms with Gasteiger partial charge in [0.1, 0.15) is 0 Å². The Balaban J connectivity index is 1.51. The van der Waals surface area contributed by atoms with Crippen LogP contribution in [0.25, 0.3) is 0 Å². The molecule has 9 heteroatoms. The highest BCUT2D eigenvalue weighted by atomic mass is 79.9. The number of hydrogen-bond acceptors (Lipinski definition) is 6. The van der Waals surface area contributed by atoms with Crippen molar-refractivity contribution in [1.29, 1.82) is 0 Å². The third-order valence-electron chi connectivity index (χ3n) is 3.20. The molecular weight excluding hydrogens is 482 g/mol. The van der Waals surface area contributed by atoms with E-state index in [1.165, 1.54) is 11.8 Å². The molecule has 0 amide bonds. The normalized spacial score (nSPS) is 11.0. The highest BCUT2D eigenvalue weighted by Crippen LogP contribution is 2.17. The number of aromatic amines is 1. The van der Waals surface area contributed by atoms with E-state index in [1.54, 1.807) is 18.3 Å². The van der Waals surface area contributed by atoms with Gasteiger partial charge in [-0.15, -0.1) is 5.10 Å². The van der Waals surface area contributed by atoms with Gasteiger partial charge in [-0.3, -0.25) is 4.79 Å². The number of ketones is 1. The van der Waals surface area contributed by atoms with Gasteiger partial charge in [-0.25, -0.2) is 10.5 Å². The number of H-pyrrole nitrogens is 1. The number of anilines is 1. The Morgan fingerprint density at radius 1 is 1.19 bits per heavy atom. The molecular formula is C17H13Br2N5OS. The van der Waals surface area contributed by atoms with Crippen molar-refractivity contribution in [3.05, 3.63) is 68.6 Å². The van der Waals surface area contributed by atoms with Gasteiger partial charge in [0.2, 0.25) is 11.1 Å². The number of nitrogens with zero attached hydrogens (tertiary/aromatic N) is 3. The number of Topliss-reactive ketones (excluding diaryl/α,β-unsaturated/α-hetero) is 1. The predicted octanol–water partition coefficient (Wildman–Crippen LogP) is 4.75. The van der Waals surface area contributed by atoms with E-state index in [0.717, 1.165) is 14.5 Å². The molecule has 0 saturated heterocycles. The highest BCUT2D eigenvalue weighted by molar-refractivity contribution is 9.10. The fourth-order valence-corrected chi connectivity index (χ4v) is 3.34. The Morgan fingerprint density at radius 2 is 2.00 bits per heavy atom. The number of carbonyl (C=O) groups excluding carboxylic acids is 1. The zero-order chi connectivity index (χ0) is 18.4. The second-order valence-electron chi connectivity index (χ2n) is 5.11. The van der Waals surface area contributed by atoms with Crippen molar-refractivity contribution in [3.63, 3.8) is 0 Å². The summed E-state index contributed by atoms with van der Waals surface area (Å²) in [6, 6.07) is 15.0. The molecule has 0 spiro atoms. The zero-order valence-electron chi connectivity index (χ0n) is 13.3. The first-order valence-corrected chi connectivity index (χ1v) is 10.1. The summed E-state index contributed by atoms with van der Waals surface area (Å²) >= 11 is 8.03. The maximum atomic E-state index is 12.1. The molecule has 1 heterocycles. The predicted molar refractivity (Wildman–Crippen MR) is 111 cm³/mol. The number of hydrogen-bond donors (Lipinski definition) is 2.